The van der Waals surface area contributed by atoms with Crippen LogP contribution in [0, 0.1) is 0 Å². The first-order chi connectivity index (χ1) is 15.6. The highest BCUT2D eigenvalue weighted by Gasteiger charge is 2.25. The number of nitrogens with one attached hydrogen (secondary N) is 1. The maximum atomic E-state index is 12.1. The van der Waals surface area contributed by atoms with E-state index in [2.05, 4.69) is 10.3 Å². The van der Waals surface area contributed by atoms with E-state index in [0.717, 1.165) is 18.2 Å². The van der Waals surface area contributed by atoms with E-state index in [0.29, 0.717) is 27.7 Å². The van der Waals surface area contributed by atoms with Crippen LogP contribution in [0.25, 0.3) is 21.7 Å². The highest BCUT2D eigenvalue weighted by atomic mass is 35.5. The molecule has 34 heavy (non-hydrogen) atoms. The first-order valence-electron chi connectivity index (χ1n) is 9.00. The smallest absolute Gasteiger partial charge is 0.295 e. The zero-order valence-electron chi connectivity index (χ0n) is 16.5. The van der Waals surface area contributed by atoms with Crippen LogP contribution in [0.4, 0.5) is 11.4 Å². The molecule has 15 heteroatoms. The van der Waals surface area contributed by atoms with Gasteiger partial charge in [0.1, 0.15) is 4.90 Å². The summed E-state index contributed by atoms with van der Waals surface area (Å²) in [7, 11) is -14.9. The fourth-order valence-corrected chi connectivity index (χ4v) is 5.49. The first kappa shape index (κ1) is 24.3. The van der Waals surface area contributed by atoms with E-state index in [1.807, 2.05) is 0 Å². The number of benzene rings is 3. The van der Waals surface area contributed by atoms with Crippen molar-refractivity contribution in [2.24, 2.45) is 0 Å². The lowest BCUT2D eigenvalue weighted by Crippen LogP contribution is -2.07. The van der Waals surface area contributed by atoms with Gasteiger partial charge in [0.2, 0.25) is 0 Å². The number of hydrogen-bond acceptors (Lipinski definition) is 8. The average molecular weight is 545 g/mol. The van der Waals surface area contributed by atoms with E-state index in [-0.39, 0.29) is 16.5 Å². The molecule has 1 heterocycles. The van der Waals surface area contributed by atoms with Crippen LogP contribution in [0.1, 0.15) is 0 Å². The second-order valence-electron chi connectivity index (χ2n) is 7.06. The zero-order chi connectivity index (χ0) is 25.1. The van der Waals surface area contributed by atoms with Crippen LogP contribution in [0.2, 0.25) is 5.02 Å². The molecule has 0 amide bonds. The van der Waals surface area contributed by atoms with Gasteiger partial charge < -0.3 is 5.32 Å². The van der Waals surface area contributed by atoms with Crippen molar-refractivity contribution in [1.29, 1.82) is 0 Å². The van der Waals surface area contributed by atoms with E-state index in [4.69, 9.17) is 11.6 Å². The molecule has 0 spiro atoms. The number of pyridine rings is 1. The molecule has 178 valence electrons. The Kier molecular flexibility index (Phi) is 5.80. The highest BCUT2D eigenvalue weighted by molar-refractivity contribution is 7.87. The molecule has 0 unspecified atom stereocenters. The predicted octanol–water partition coefficient (Wildman–Crippen LogP) is 3.53. The van der Waals surface area contributed by atoms with Crippen molar-refractivity contribution in [3.63, 3.8) is 0 Å². The van der Waals surface area contributed by atoms with E-state index < -0.39 is 45.0 Å². The van der Waals surface area contributed by atoms with E-state index in [1.165, 1.54) is 12.3 Å². The third kappa shape index (κ3) is 4.69. The largest absolute Gasteiger partial charge is 0.354 e. The summed E-state index contributed by atoms with van der Waals surface area (Å²) in [4.78, 5) is 1.61. The van der Waals surface area contributed by atoms with Crippen molar-refractivity contribution in [3.05, 3.63) is 59.8 Å². The van der Waals surface area contributed by atoms with Crippen molar-refractivity contribution in [1.82, 2.24) is 4.98 Å². The van der Waals surface area contributed by atoms with Gasteiger partial charge in [0.05, 0.1) is 15.3 Å². The van der Waals surface area contributed by atoms with Gasteiger partial charge in [-0.05, 0) is 53.9 Å². The Morgan fingerprint density at radius 2 is 1.35 bits per heavy atom. The Labute approximate surface area is 198 Å². The predicted molar refractivity (Wildman–Crippen MR) is 123 cm³/mol. The number of rotatable bonds is 5. The summed E-state index contributed by atoms with van der Waals surface area (Å²) in [5.41, 5.74) is 0.536. The summed E-state index contributed by atoms with van der Waals surface area (Å²) >= 11 is 5.98. The number of fused-ring (bicyclic) bond motifs is 2. The molecule has 0 saturated heterocycles. The van der Waals surface area contributed by atoms with Crippen LogP contribution < -0.4 is 5.32 Å². The third-order valence-electron chi connectivity index (χ3n) is 4.81. The van der Waals surface area contributed by atoms with Gasteiger partial charge in [-0.3, -0.25) is 18.6 Å². The molecule has 4 N–H and O–H groups in total. The maximum Gasteiger partial charge on any atom is 0.295 e. The minimum Gasteiger partial charge on any atom is -0.354 e. The summed E-state index contributed by atoms with van der Waals surface area (Å²) in [6.07, 6.45) is 1.40. The molecular formula is C19H13ClN2O9S3. The Morgan fingerprint density at radius 3 is 1.94 bits per heavy atom. The van der Waals surface area contributed by atoms with E-state index in [9.17, 15) is 38.9 Å². The minimum atomic E-state index is -5.08. The van der Waals surface area contributed by atoms with E-state index in [1.54, 1.807) is 18.2 Å². The van der Waals surface area contributed by atoms with Gasteiger partial charge in [-0.2, -0.15) is 25.3 Å². The Balaban J connectivity index is 2.12. The monoisotopic (exact) mass is 544 g/mol. The molecule has 0 saturated carbocycles. The van der Waals surface area contributed by atoms with Crippen molar-refractivity contribution >= 4 is 75.0 Å². The van der Waals surface area contributed by atoms with E-state index >= 15 is 0 Å². The Bertz CT molecular complexity index is 1820. The standard InChI is InChI=1S/C19H13ClN2O9S3/c20-11-1-2-14-15(3-4-21-16(14)7-11)22-17-8-12(32(23,24)25)5-10-6-13(33(26,27)28)9-18(19(10)17)34(29,30)31/h1-9H,(H,21,22)(H,23,24,25)(H,26,27,28)(H,29,30,31). The van der Waals surface area contributed by atoms with Crippen LogP contribution in [0.15, 0.2) is 69.4 Å². The van der Waals surface area contributed by atoms with Crippen LogP contribution in [-0.2, 0) is 30.4 Å². The maximum absolute atomic E-state index is 12.1. The molecule has 0 fully saturated rings. The van der Waals surface area contributed by atoms with Gasteiger partial charge in [-0.15, -0.1) is 0 Å². The average Bonchev–Trinajstić information content (AvgIpc) is 2.70. The number of halogens is 1. The fraction of sp³-hybridized carbons (Fsp3) is 0. The van der Waals surface area contributed by atoms with Gasteiger partial charge in [-0.25, -0.2) is 0 Å². The molecule has 0 aliphatic heterocycles. The molecule has 3 aromatic carbocycles. The molecule has 0 aliphatic rings. The molecule has 11 nitrogen and oxygen atoms in total. The van der Waals surface area contributed by atoms with Gasteiger partial charge in [0.15, 0.2) is 0 Å². The minimum absolute atomic E-state index is 0.220. The summed E-state index contributed by atoms with van der Waals surface area (Å²) < 4.78 is 100. The molecule has 0 aliphatic carbocycles. The molecular weight excluding hydrogens is 532 g/mol. The first-order valence-corrected chi connectivity index (χ1v) is 13.7. The second kappa shape index (κ2) is 8.13. The molecule has 1 aromatic heterocycles. The number of hydrogen-bond donors (Lipinski definition) is 4. The normalized spacial score (nSPS) is 12.8. The second-order valence-corrected chi connectivity index (χ2v) is 11.7. The number of aromatic nitrogens is 1. The van der Waals surface area contributed by atoms with Gasteiger partial charge in [-0.1, -0.05) is 11.6 Å². The SMILES string of the molecule is O=S(=O)(O)c1cc(Nc2ccnc3cc(Cl)ccc23)c2c(S(=O)(=O)O)cc(S(=O)(=O)O)cc2c1. The number of nitrogens with zero attached hydrogens (tertiary/aromatic N) is 1. The summed E-state index contributed by atoms with van der Waals surface area (Å²) in [6, 6.07) is 9.22. The van der Waals surface area contributed by atoms with Crippen LogP contribution in [0.3, 0.4) is 0 Å². The topological polar surface area (TPSA) is 188 Å². The van der Waals surface area contributed by atoms with Crippen molar-refractivity contribution < 1.29 is 38.9 Å². The van der Waals surface area contributed by atoms with Gasteiger partial charge >= 0.3 is 0 Å². The lowest BCUT2D eigenvalue weighted by Gasteiger charge is -2.16. The number of anilines is 2. The van der Waals surface area contributed by atoms with Crippen LogP contribution in [0.5, 0.6) is 0 Å². The van der Waals surface area contributed by atoms with Crippen molar-refractivity contribution in [3.8, 4) is 0 Å². The molecule has 0 atom stereocenters. The molecule has 4 aromatic rings. The van der Waals surface area contributed by atoms with Crippen LogP contribution in [-0.4, -0.2) is 43.9 Å². The summed E-state index contributed by atoms with van der Waals surface area (Å²) in [5, 5.41) is 3.10. The lowest BCUT2D eigenvalue weighted by molar-refractivity contribution is 0.480. The summed E-state index contributed by atoms with van der Waals surface area (Å²) in [6.45, 7) is 0. The van der Waals surface area contributed by atoms with Crippen molar-refractivity contribution in [2.75, 3.05) is 5.32 Å². The molecule has 4 rings (SSSR count). The fourth-order valence-electron chi connectivity index (χ4n) is 3.40. The third-order valence-corrected chi connectivity index (χ3v) is 7.58. The molecule has 0 bridgehead atoms. The Hall–Kier alpha value is -2.85. The quantitative estimate of drug-likeness (QED) is 0.269. The Morgan fingerprint density at radius 1 is 0.735 bits per heavy atom. The highest BCUT2D eigenvalue weighted by Crippen LogP contribution is 2.38. The van der Waals surface area contributed by atoms with Crippen molar-refractivity contribution in [2.45, 2.75) is 14.7 Å². The molecule has 0 radical (unpaired) electrons. The van der Waals surface area contributed by atoms with Gasteiger partial charge in [0.25, 0.3) is 30.4 Å². The zero-order valence-corrected chi connectivity index (χ0v) is 19.7. The van der Waals surface area contributed by atoms with Gasteiger partial charge in [0, 0.05) is 33.4 Å². The van der Waals surface area contributed by atoms with Crippen LogP contribution >= 0.6 is 11.6 Å². The summed E-state index contributed by atoms with van der Waals surface area (Å²) in [5.74, 6) is 0. The lowest BCUT2D eigenvalue weighted by atomic mass is 10.1.